The summed E-state index contributed by atoms with van der Waals surface area (Å²) in [5.41, 5.74) is -0.987. The molecule has 3 aromatic rings. The molecular weight excluding hydrogens is 361 g/mol. The van der Waals surface area contributed by atoms with Gasteiger partial charge in [0.15, 0.2) is 0 Å². The molecule has 140 valence electrons. The predicted molar refractivity (Wildman–Crippen MR) is 93.2 cm³/mol. The number of hydrogen-bond acceptors (Lipinski definition) is 4. The van der Waals surface area contributed by atoms with Crippen LogP contribution in [0.3, 0.4) is 0 Å². The second-order valence-corrected chi connectivity index (χ2v) is 5.87. The van der Waals surface area contributed by atoms with Gasteiger partial charge in [-0.25, -0.2) is 4.98 Å². The fraction of sp³-hybridized carbons (Fsp3) is 0.167. The molecule has 0 radical (unpaired) electrons. The monoisotopic (exact) mass is 376 g/mol. The number of nitrogens with zero attached hydrogens (tertiary/aromatic N) is 3. The fourth-order valence-corrected chi connectivity index (χ4v) is 2.73. The van der Waals surface area contributed by atoms with Crippen LogP contribution in [0.2, 0.25) is 0 Å². The normalized spacial score (nSPS) is 12.6. The van der Waals surface area contributed by atoms with Gasteiger partial charge in [0.2, 0.25) is 0 Å². The van der Waals surface area contributed by atoms with Crippen molar-refractivity contribution in [1.29, 1.82) is 0 Å². The second-order valence-electron chi connectivity index (χ2n) is 5.87. The number of nitrogens with one attached hydrogen (secondary N) is 1. The Morgan fingerprint density at radius 2 is 1.89 bits per heavy atom. The van der Waals surface area contributed by atoms with Crippen molar-refractivity contribution >= 4 is 11.4 Å². The lowest BCUT2D eigenvalue weighted by molar-refractivity contribution is -0.384. The predicted octanol–water partition coefficient (Wildman–Crippen LogP) is 4.55. The molecule has 1 aromatic heterocycles. The average Bonchev–Trinajstić information content (AvgIpc) is 3.05. The van der Waals surface area contributed by atoms with Gasteiger partial charge in [-0.3, -0.25) is 10.1 Å². The third kappa shape index (κ3) is 3.91. The van der Waals surface area contributed by atoms with Crippen molar-refractivity contribution in [3.05, 3.63) is 88.0 Å². The van der Waals surface area contributed by atoms with E-state index in [2.05, 4.69) is 10.3 Å². The van der Waals surface area contributed by atoms with E-state index in [0.717, 1.165) is 17.7 Å². The van der Waals surface area contributed by atoms with Gasteiger partial charge in [0, 0.05) is 25.5 Å². The highest BCUT2D eigenvalue weighted by Crippen LogP contribution is 2.37. The van der Waals surface area contributed by atoms with E-state index in [4.69, 9.17) is 0 Å². The number of halogens is 3. The quantitative estimate of drug-likeness (QED) is 0.524. The van der Waals surface area contributed by atoms with Crippen molar-refractivity contribution in [2.75, 3.05) is 5.32 Å². The zero-order valence-corrected chi connectivity index (χ0v) is 14.1. The van der Waals surface area contributed by atoms with E-state index >= 15 is 0 Å². The molecule has 0 bridgehead atoms. The summed E-state index contributed by atoms with van der Waals surface area (Å²) in [4.78, 5) is 14.8. The summed E-state index contributed by atoms with van der Waals surface area (Å²) in [6, 6.07) is 10.9. The summed E-state index contributed by atoms with van der Waals surface area (Å²) in [6.07, 6.45) is -1.37. The molecule has 1 N–H and O–H groups in total. The molecule has 0 saturated heterocycles. The minimum atomic E-state index is -4.66. The maximum atomic E-state index is 12.9. The van der Waals surface area contributed by atoms with Gasteiger partial charge in [0.1, 0.15) is 17.6 Å². The molecule has 0 saturated carbocycles. The van der Waals surface area contributed by atoms with Gasteiger partial charge in [0.05, 0.1) is 10.5 Å². The first-order valence-corrected chi connectivity index (χ1v) is 7.91. The molecule has 1 heterocycles. The van der Waals surface area contributed by atoms with Crippen LogP contribution in [0, 0.1) is 10.1 Å². The molecule has 1 unspecified atom stereocenters. The SMILES string of the molecule is Cn1ccnc1C(Nc1ccc(C(F)(F)F)cc1[N+](=O)[O-])c1ccccc1. The molecule has 0 aliphatic heterocycles. The van der Waals surface area contributed by atoms with Gasteiger partial charge < -0.3 is 9.88 Å². The molecular formula is C18H15F3N4O2. The van der Waals surface area contributed by atoms with Crippen LogP contribution in [-0.2, 0) is 13.2 Å². The number of hydrogen-bond donors (Lipinski definition) is 1. The summed E-state index contributed by atoms with van der Waals surface area (Å²) in [5.74, 6) is 0.565. The van der Waals surface area contributed by atoms with Crippen molar-refractivity contribution in [3.63, 3.8) is 0 Å². The van der Waals surface area contributed by atoms with E-state index in [9.17, 15) is 23.3 Å². The van der Waals surface area contributed by atoms with E-state index in [1.165, 1.54) is 0 Å². The Bertz CT molecular complexity index is 955. The zero-order valence-electron chi connectivity index (χ0n) is 14.1. The average molecular weight is 376 g/mol. The molecule has 6 nitrogen and oxygen atoms in total. The van der Waals surface area contributed by atoms with Gasteiger partial charge in [-0.15, -0.1) is 0 Å². The lowest BCUT2D eigenvalue weighted by Gasteiger charge is -2.20. The fourth-order valence-electron chi connectivity index (χ4n) is 2.73. The van der Waals surface area contributed by atoms with E-state index < -0.39 is 28.4 Å². The van der Waals surface area contributed by atoms with Crippen molar-refractivity contribution in [1.82, 2.24) is 9.55 Å². The van der Waals surface area contributed by atoms with Crippen LogP contribution in [0.4, 0.5) is 24.5 Å². The number of nitro groups is 1. The Morgan fingerprint density at radius 1 is 1.19 bits per heavy atom. The van der Waals surface area contributed by atoms with Crippen LogP contribution in [0.25, 0.3) is 0 Å². The van der Waals surface area contributed by atoms with Crippen molar-refractivity contribution in [2.24, 2.45) is 7.05 Å². The molecule has 0 amide bonds. The highest BCUT2D eigenvalue weighted by Gasteiger charge is 2.33. The molecule has 0 fully saturated rings. The minimum absolute atomic E-state index is 0.0233. The van der Waals surface area contributed by atoms with E-state index in [0.29, 0.717) is 11.9 Å². The van der Waals surface area contributed by atoms with Crippen LogP contribution in [0.1, 0.15) is 23.0 Å². The first-order valence-electron chi connectivity index (χ1n) is 7.91. The molecule has 2 aromatic carbocycles. The largest absolute Gasteiger partial charge is 0.416 e. The number of nitro benzene ring substituents is 1. The number of aryl methyl sites for hydroxylation is 1. The van der Waals surface area contributed by atoms with Crippen LogP contribution in [-0.4, -0.2) is 14.5 Å². The molecule has 0 spiro atoms. The standard InChI is InChI=1S/C18H15F3N4O2/c1-24-10-9-22-17(24)16(12-5-3-2-4-6-12)23-14-8-7-13(18(19,20)21)11-15(14)25(26)27/h2-11,16,23H,1H3. The smallest absolute Gasteiger partial charge is 0.366 e. The van der Waals surface area contributed by atoms with Crippen molar-refractivity contribution < 1.29 is 18.1 Å². The third-order valence-electron chi connectivity index (χ3n) is 4.07. The van der Waals surface area contributed by atoms with Gasteiger partial charge in [-0.2, -0.15) is 13.2 Å². The lowest BCUT2D eigenvalue weighted by atomic mass is 10.0. The van der Waals surface area contributed by atoms with Crippen LogP contribution < -0.4 is 5.32 Å². The Labute approximate surface area is 152 Å². The number of imidazole rings is 1. The van der Waals surface area contributed by atoms with Crippen LogP contribution in [0.5, 0.6) is 0 Å². The molecule has 3 rings (SSSR count). The molecule has 0 aliphatic carbocycles. The number of aromatic nitrogens is 2. The number of benzene rings is 2. The van der Waals surface area contributed by atoms with E-state index in [1.54, 1.807) is 36.1 Å². The van der Waals surface area contributed by atoms with Crippen molar-refractivity contribution in [2.45, 2.75) is 12.2 Å². The number of rotatable bonds is 5. The second kappa shape index (κ2) is 7.10. The molecule has 27 heavy (non-hydrogen) atoms. The first kappa shape index (κ1) is 18.4. The highest BCUT2D eigenvalue weighted by atomic mass is 19.4. The molecule has 0 aliphatic rings. The summed E-state index contributed by atoms with van der Waals surface area (Å²) < 4.78 is 40.5. The van der Waals surface area contributed by atoms with Gasteiger partial charge in [-0.05, 0) is 17.7 Å². The topological polar surface area (TPSA) is 73.0 Å². The summed E-state index contributed by atoms with van der Waals surface area (Å²) in [7, 11) is 1.76. The Kier molecular flexibility index (Phi) is 4.85. The highest BCUT2D eigenvalue weighted by molar-refractivity contribution is 5.64. The third-order valence-corrected chi connectivity index (χ3v) is 4.07. The van der Waals surface area contributed by atoms with Gasteiger partial charge in [-0.1, -0.05) is 30.3 Å². The van der Waals surface area contributed by atoms with Crippen molar-refractivity contribution in [3.8, 4) is 0 Å². The molecule has 9 heteroatoms. The Hall–Kier alpha value is -3.36. The maximum Gasteiger partial charge on any atom is 0.416 e. The zero-order chi connectivity index (χ0) is 19.6. The van der Waals surface area contributed by atoms with Gasteiger partial charge >= 0.3 is 6.18 Å². The minimum Gasteiger partial charge on any atom is -0.366 e. The Balaban J connectivity index is 2.07. The maximum absolute atomic E-state index is 12.9. The van der Waals surface area contributed by atoms with Gasteiger partial charge in [0.25, 0.3) is 5.69 Å². The summed E-state index contributed by atoms with van der Waals surface area (Å²) in [5, 5.41) is 14.3. The summed E-state index contributed by atoms with van der Waals surface area (Å²) in [6.45, 7) is 0. The number of anilines is 1. The Morgan fingerprint density at radius 3 is 2.44 bits per heavy atom. The van der Waals surface area contributed by atoms with E-state index in [1.807, 2.05) is 18.2 Å². The van der Waals surface area contributed by atoms with Crippen LogP contribution >= 0.6 is 0 Å². The summed E-state index contributed by atoms with van der Waals surface area (Å²) >= 11 is 0. The lowest BCUT2D eigenvalue weighted by Crippen LogP contribution is -2.18. The number of alkyl halides is 3. The first-order chi connectivity index (χ1) is 12.8. The molecule has 1 atom stereocenters. The van der Waals surface area contributed by atoms with E-state index in [-0.39, 0.29) is 5.69 Å². The van der Waals surface area contributed by atoms with Crippen LogP contribution in [0.15, 0.2) is 60.9 Å².